The number of methoxy groups -OCH3 is 1. The molecule has 130 valence electrons. The minimum Gasteiger partial charge on any atom is -0.380 e. The van der Waals surface area contributed by atoms with Crippen LogP contribution < -0.4 is 4.72 Å². The van der Waals surface area contributed by atoms with Crippen molar-refractivity contribution in [1.29, 1.82) is 5.26 Å². The highest BCUT2D eigenvalue weighted by atomic mass is 35.5. The van der Waals surface area contributed by atoms with E-state index in [4.69, 9.17) is 16.3 Å². The Kier molecular flexibility index (Phi) is 4.92. The van der Waals surface area contributed by atoms with Crippen LogP contribution in [0.3, 0.4) is 0 Å². The molecule has 0 aromatic heterocycles. The number of fused-ring (bicyclic) bond motifs is 2. The Bertz CT molecular complexity index is 642. The van der Waals surface area contributed by atoms with E-state index in [1.807, 2.05) is 31.4 Å². The van der Waals surface area contributed by atoms with Crippen molar-refractivity contribution < 1.29 is 4.74 Å². The molecular weight excluding hydrogens is 340 g/mol. The number of hydrogen-bond acceptors (Lipinski definition) is 4. The largest absolute Gasteiger partial charge is 0.380 e. The summed E-state index contributed by atoms with van der Waals surface area (Å²) in [5, 5.41) is 10.6. The number of nitrogens with one attached hydrogen (secondary N) is 1. The van der Waals surface area contributed by atoms with Crippen molar-refractivity contribution in [1.82, 2.24) is 4.72 Å². The zero-order valence-electron chi connectivity index (χ0n) is 14.7. The first-order chi connectivity index (χ1) is 11.3. The van der Waals surface area contributed by atoms with Gasteiger partial charge in [0.15, 0.2) is 0 Å². The average molecular weight is 365 g/mol. The summed E-state index contributed by atoms with van der Waals surface area (Å²) >= 11 is 7.62. The van der Waals surface area contributed by atoms with Crippen molar-refractivity contribution in [3.63, 3.8) is 0 Å². The molecule has 2 bridgehead atoms. The molecule has 0 amide bonds. The van der Waals surface area contributed by atoms with Gasteiger partial charge in [-0.3, -0.25) is 0 Å². The summed E-state index contributed by atoms with van der Waals surface area (Å²) < 4.78 is 9.31. The SMILES string of the molecule is COC1C(SNC(C#N)c2ccc(Cl)cc2)[C@H]2CC[C@]1(C)C2(C)C. The van der Waals surface area contributed by atoms with E-state index >= 15 is 0 Å². The quantitative estimate of drug-likeness (QED) is 0.748. The van der Waals surface area contributed by atoms with E-state index in [0.29, 0.717) is 16.2 Å². The second kappa shape index (κ2) is 6.53. The normalized spacial score (nSPS) is 34.9. The van der Waals surface area contributed by atoms with Gasteiger partial charge in [0.25, 0.3) is 0 Å². The van der Waals surface area contributed by atoms with E-state index in [2.05, 4.69) is 31.6 Å². The lowest BCUT2D eigenvalue weighted by atomic mass is 9.70. The molecule has 0 aliphatic heterocycles. The van der Waals surface area contributed by atoms with E-state index in [9.17, 15) is 5.26 Å². The highest BCUT2D eigenvalue weighted by Crippen LogP contribution is 2.68. The zero-order chi connectivity index (χ0) is 17.5. The molecule has 1 aromatic carbocycles. The minimum atomic E-state index is -0.347. The van der Waals surface area contributed by atoms with Gasteiger partial charge in [0.1, 0.15) is 6.04 Å². The van der Waals surface area contributed by atoms with Crippen LogP contribution >= 0.6 is 23.5 Å². The number of halogens is 1. The van der Waals surface area contributed by atoms with Crippen molar-refractivity contribution in [2.45, 2.75) is 51.0 Å². The summed E-state index contributed by atoms with van der Waals surface area (Å²) in [5.74, 6) is 0.606. The fourth-order valence-corrected chi connectivity index (χ4v) is 6.51. The van der Waals surface area contributed by atoms with Crippen LogP contribution in [0.1, 0.15) is 45.2 Å². The van der Waals surface area contributed by atoms with Crippen LogP contribution in [0.15, 0.2) is 24.3 Å². The number of nitriles is 1. The Morgan fingerprint density at radius 3 is 2.58 bits per heavy atom. The molecule has 3 rings (SSSR count). The highest BCUT2D eigenvalue weighted by molar-refractivity contribution is 7.98. The molecule has 5 atom stereocenters. The van der Waals surface area contributed by atoms with Crippen molar-refractivity contribution in [2.75, 3.05) is 7.11 Å². The summed E-state index contributed by atoms with van der Waals surface area (Å²) in [5.41, 5.74) is 1.40. The fourth-order valence-electron chi connectivity index (χ4n) is 4.73. The van der Waals surface area contributed by atoms with Crippen LogP contribution in [-0.4, -0.2) is 18.5 Å². The molecule has 1 N–H and O–H groups in total. The molecule has 0 heterocycles. The lowest BCUT2D eigenvalue weighted by Gasteiger charge is -2.39. The first-order valence-corrected chi connectivity index (χ1v) is 9.70. The molecule has 0 radical (unpaired) electrons. The predicted molar refractivity (Wildman–Crippen MR) is 99.7 cm³/mol. The number of hydrogen-bond donors (Lipinski definition) is 1. The third-order valence-corrected chi connectivity index (χ3v) is 8.08. The topological polar surface area (TPSA) is 45.0 Å². The molecule has 3 unspecified atom stereocenters. The Morgan fingerprint density at radius 1 is 1.33 bits per heavy atom. The van der Waals surface area contributed by atoms with E-state index in [-0.39, 0.29) is 23.0 Å². The van der Waals surface area contributed by atoms with Crippen LogP contribution in [0, 0.1) is 28.1 Å². The molecule has 24 heavy (non-hydrogen) atoms. The van der Waals surface area contributed by atoms with Crippen LogP contribution in [0.25, 0.3) is 0 Å². The fraction of sp³-hybridized carbons (Fsp3) is 0.632. The molecule has 3 nitrogen and oxygen atoms in total. The van der Waals surface area contributed by atoms with Crippen LogP contribution in [0.4, 0.5) is 0 Å². The average Bonchev–Trinajstić information content (AvgIpc) is 2.88. The first-order valence-electron chi connectivity index (χ1n) is 8.44. The van der Waals surface area contributed by atoms with E-state index in [1.54, 1.807) is 11.9 Å². The molecule has 2 aliphatic rings. The van der Waals surface area contributed by atoms with Crippen molar-refractivity contribution in [2.24, 2.45) is 16.7 Å². The van der Waals surface area contributed by atoms with Gasteiger partial charge in [-0.2, -0.15) is 5.26 Å². The van der Waals surface area contributed by atoms with Gasteiger partial charge in [-0.25, -0.2) is 4.72 Å². The molecule has 5 heteroatoms. The number of benzene rings is 1. The number of ether oxygens (including phenoxy) is 1. The minimum absolute atomic E-state index is 0.203. The Hall–Kier alpha value is -0.730. The van der Waals surface area contributed by atoms with Gasteiger partial charge in [-0.05, 0) is 41.9 Å². The molecular formula is C19H25ClN2OS. The highest BCUT2D eigenvalue weighted by Gasteiger charge is 2.66. The second-order valence-electron chi connectivity index (χ2n) is 7.75. The summed E-state index contributed by atoms with van der Waals surface area (Å²) in [6, 6.07) is 9.47. The molecule has 2 saturated carbocycles. The third kappa shape index (κ3) is 2.66. The van der Waals surface area contributed by atoms with Crippen LogP contribution in [-0.2, 0) is 4.74 Å². The summed E-state index contributed by atoms with van der Waals surface area (Å²) in [6.07, 6.45) is 2.67. The monoisotopic (exact) mass is 364 g/mol. The first kappa shape index (κ1) is 18.1. The Balaban J connectivity index is 1.74. The molecule has 1 aromatic rings. The van der Waals surface area contributed by atoms with Gasteiger partial charge >= 0.3 is 0 Å². The maximum Gasteiger partial charge on any atom is 0.130 e. The van der Waals surface area contributed by atoms with E-state index in [1.165, 1.54) is 12.8 Å². The van der Waals surface area contributed by atoms with E-state index in [0.717, 1.165) is 5.56 Å². The predicted octanol–water partition coefficient (Wildman–Crippen LogP) is 4.98. The maximum atomic E-state index is 9.54. The molecule has 0 spiro atoms. The molecule has 2 fully saturated rings. The lowest BCUT2D eigenvalue weighted by molar-refractivity contribution is -0.0177. The number of rotatable bonds is 5. The summed E-state index contributed by atoms with van der Waals surface area (Å²) in [6.45, 7) is 7.11. The smallest absolute Gasteiger partial charge is 0.130 e. The summed E-state index contributed by atoms with van der Waals surface area (Å²) in [4.78, 5) is 0. The zero-order valence-corrected chi connectivity index (χ0v) is 16.2. The van der Waals surface area contributed by atoms with Crippen molar-refractivity contribution >= 4 is 23.5 Å². The van der Waals surface area contributed by atoms with Gasteiger partial charge in [-0.1, -0.05) is 56.5 Å². The number of nitrogens with zero attached hydrogens (tertiary/aromatic N) is 1. The van der Waals surface area contributed by atoms with Crippen molar-refractivity contribution in [3.05, 3.63) is 34.9 Å². The van der Waals surface area contributed by atoms with Gasteiger partial charge in [0.2, 0.25) is 0 Å². The van der Waals surface area contributed by atoms with Crippen LogP contribution in [0.5, 0.6) is 0 Å². The second-order valence-corrected chi connectivity index (χ2v) is 9.21. The molecule has 0 saturated heterocycles. The van der Waals surface area contributed by atoms with Crippen molar-refractivity contribution in [3.8, 4) is 6.07 Å². The third-order valence-electron chi connectivity index (χ3n) is 6.60. The standard InChI is InChI=1S/C19H25ClN2OS/c1-18(2)14-9-10-19(18,3)17(23-4)16(14)24-22-15(11-21)12-5-7-13(20)8-6-12/h5-8,14-17,22H,9-10H2,1-4H3/t14-,15?,16?,17?,19+/m1/s1. The maximum absolute atomic E-state index is 9.54. The Labute approximate surface area is 154 Å². The Morgan fingerprint density at radius 2 is 2.00 bits per heavy atom. The lowest BCUT2D eigenvalue weighted by Crippen LogP contribution is -2.41. The van der Waals surface area contributed by atoms with E-state index < -0.39 is 0 Å². The molecule has 2 aliphatic carbocycles. The van der Waals surface area contributed by atoms with Gasteiger partial charge in [0, 0.05) is 22.8 Å². The van der Waals surface area contributed by atoms with Gasteiger partial charge in [-0.15, -0.1) is 0 Å². The summed E-state index contributed by atoms with van der Waals surface area (Å²) in [7, 11) is 1.82. The van der Waals surface area contributed by atoms with Crippen LogP contribution in [0.2, 0.25) is 5.02 Å². The van der Waals surface area contributed by atoms with Gasteiger partial charge in [0.05, 0.1) is 12.2 Å². The van der Waals surface area contributed by atoms with Gasteiger partial charge < -0.3 is 4.74 Å².